The molecule has 0 spiro atoms. The molecule has 2 rings (SSSR count). The molecule has 0 heterocycles. The van der Waals surface area contributed by atoms with Crippen LogP contribution in [0.2, 0.25) is 0 Å². The van der Waals surface area contributed by atoms with Crippen molar-refractivity contribution in [3.63, 3.8) is 0 Å². The Kier molecular flexibility index (Phi) is 6.12. The van der Waals surface area contributed by atoms with Gasteiger partial charge in [-0.2, -0.15) is 0 Å². The van der Waals surface area contributed by atoms with Crippen LogP contribution in [0.5, 0.6) is 0 Å². The summed E-state index contributed by atoms with van der Waals surface area (Å²) in [7, 11) is 3.17. The first-order valence-electron chi connectivity index (χ1n) is 8.25. The molecule has 1 aromatic carbocycles. The van der Waals surface area contributed by atoms with Crippen LogP contribution < -0.4 is 5.32 Å². The van der Waals surface area contributed by atoms with E-state index in [0.717, 1.165) is 12.8 Å². The van der Waals surface area contributed by atoms with Crippen LogP contribution in [-0.4, -0.2) is 49.9 Å². The van der Waals surface area contributed by atoms with E-state index >= 15 is 0 Å². The Morgan fingerprint density at radius 2 is 1.76 bits per heavy atom. The van der Waals surface area contributed by atoms with Gasteiger partial charge in [0.1, 0.15) is 5.82 Å². The highest BCUT2D eigenvalue weighted by molar-refractivity contribution is 5.88. The first kappa shape index (κ1) is 18.9. The van der Waals surface area contributed by atoms with Gasteiger partial charge in [0, 0.05) is 14.1 Å². The third-order valence-corrected chi connectivity index (χ3v) is 4.51. The summed E-state index contributed by atoms with van der Waals surface area (Å²) in [6.07, 6.45) is 2.96. The monoisotopic (exact) mass is 350 g/mol. The molecule has 2 amide bonds. The highest BCUT2D eigenvalue weighted by atomic mass is 19.1. The fourth-order valence-electron chi connectivity index (χ4n) is 3.01. The molecule has 1 aromatic rings. The number of benzene rings is 1. The van der Waals surface area contributed by atoms with Gasteiger partial charge in [0.15, 0.2) is 6.61 Å². The number of carbonyl (C=O) groups is 3. The highest BCUT2D eigenvalue weighted by Crippen LogP contribution is 2.42. The van der Waals surface area contributed by atoms with E-state index < -0.39 is 23.9 Å². The number of hydrogen-bond acceptors (Lipinski definition) is 4. The van der Waals surface area contributed by atoms with Crippen molar-refractivity contribution in [2.24, 2.45) is 0 Å². The van der Waals surface area contributed by atoms with E-state index in [1.54, 1.807) is 26.2 Å². The zero-order valence-corrected chi connectivity index (χ0v) is 14.5. The molecule has 0 bridgehead atoms. The van der Waals surface area contributed by atoms with Gasteiger partial charge in [-0.15, -0.1) is 0 Å². The molecular weight excluding hydrogens is 327 g/mol. The third-order valence-electron chi connectivity index (χ3n) is 4.51. The molecule has 0 atom stereocenters. The first-order valence-corrected chi connectivity index (χ1v) is 8.25. The Morgan fingerprint density at radius 1 is 1.16 bits per heavy atom. The van der Waals surface area contributed by atoms with Gasteiger partial charge >= 0.3 is 5.97 Å². The van der Waals surface area contributed by atoms with E-state index in [4.69, 9.17) is 4.74 Å². The number of hydrogen-bond donors (Lipinski definition) is 1. The van der Waals surface area contributed by atoms with Crippen molar-refractivity contribution >= 4 is 17.8 Å². The molecule has 25 heavy (non-hydrogen) atoms. The Bertz CT molecular complexity index is 637. The van der Waals surface area contributed by atoms with Crippen molar-refractivity contribution in [3.8, 4) is 0 Å². The summed E-state index contributed by atoms with van der Waals surface area (Å²) in [6, 6.07) is 5.83. The summed E-state index contributed by atoms with van der Waals surface area (Å²) in [5.41, 5.74) is -0.118. The average Bonchev–Trinajstić information content (AvgIpc) is 3.09. The highest BCUT2D eigenvalue weighted by Gasteiger charge is 2.44. The fourth-order valence-corrected chi connectivity index (χ4v) is 3.01. The van der Waals surface area contributed by atoms with Crippen LogP contribution in [0.15, 0.2) is 24.3 Å². The van der Waals surface area contributed by atoms with Gasteiger partial charge in [-0.1, -0.05) is 25.0 Å². The average molecular weight is 350 g/mol. The van der Waals surface area contributed by atoms with Crippen LogP contribution >= 0.6 is 0 Å². The zero-order chi connectivity index (χ0) is 18.4. The Balaban J connectivity index is 1.96. The van der Waals surface area contributed by atoms with Gasteiger partial charge < -0.3 is 15.0 Å². The SMILES string of the molecule is CN(C)C(=O)CNC(=O)COC(=O)C1(c2ccc(F)cc2)CCCC1. The molecule has 1 aliphatic carbocycles. The van der Waals surface area contributed by atoms with E-state index in [1.165, 1.54) is 17.0 Å². The molecule has 0 saturated heterocycles. The molecule has 1 N–H and O–H groups in total. The molecule has 7 heteroatoms. The van der Waals surface area contributed by atoms with Crippen LogP contribution in [0.4, 0.5) is 4.39 Å². The second-order valence-electron chi connectivity index (χ2n) is 6.44. The summed E-state index contributed by atoms with van der Waals surface area (Å²) in [5, 5.41) is 2.41. The normalized spacial score (nSPS) is 15.5. The molecule has 136 valence electrons. The zero-order valence-electron chi connectivity index (χ0n) is 14.5. The van der Waals surface area contributed by atoms with Gasteiger partial charge in [-0.3, -0.25) is 14.4 Å². The largest absolute Gasteiger partial charge is 0.455 e. The smallest absolute Gasteiger partial charge is 0.317 e. The molecule has 1 fully saturated rings. The van der Waals surface area contributed by atoms with Gasteiger partial charge in [-0.05, 0) is 30.5 Å². The maximum Gasteiger partial charge on any atom is 0.317 e. The Hall–Kier alpha value is -2.44. The lowest BCUT2D eigenvalue weighted by atomic mass is 9.79. The summed E-state index contributed by atoms with van der Waals surface area (Å²) < 4.78 is 18.4. The van der Waals surface area contributed by atoms with Crippen LogP contribution in [0, 0.1) is 5.82 Å². The van der Waals surface area contributed by atoms with E-state index in [2.05, 4.69) is 5.32 Å². The van der Waals surface area contributed by atoms with Crippen molar-refractivity contribution in [1.29, 1.82) is 0 Å². The number of rotatable bonds is 6. The van der Waals surface area contributed by atoms with E-state index in [-0.39, 0.29) is 18.3 Å². The Labute approximate surface area is 146 Å². The predicted molar refractivity (Wildman–Crippen MR) is 89.2 cm³/mol. The van der Waals surface area contributed by atoms with Crippen molar-refractivity contribution in [2.75, 3.05) is 27.2 Å². The molecule has 0 unspecified atom stereocenters. The van der Waals surface area contributed by atoms with Crippen LogP contribution in [0.1, 0.15) is 31.2 Å². The van der Waals surface area contributed by atoms with Crippen molar-refractivity contribution in [3.05, 3.63) is 35.6 Å². The number of carbonyl (C=O) groups excluding carboxylic acids is 3. The molecule has 6 nitrogen and oxygen atoms in total. The number of likely N-dealkylation sites (N-methyl/N-ethyl adjacent to an activating group) is 1. The second kappa shape index (κ2) is 8.09. The van der Waals surface area contributed by atoms with E-state index in [1.807, 2.05) is 0 Å². The lowest BCUT2D eigenvalue weighted by Gasteiger charge is -2.27. The van der Waals surface area contributed by atoms with Gasteiger partial charge in [-0.25, -0.2) is 4.39 Å². The molecule has 1 aliphatic rings. The lowest BCUT2D eigenvalue weighted by molar-refractivity contribution is -0.154. The van der Waals surface area contributed by atoms with Crippen LogP contribution in [0.3, 0.4) is 0 Å². The molecule has 0 aromatic heterocycles. The molecular formula is C18H23FN2O4. The minimum absolute atomic E-state index is 0.146. The predicted octanol–water partition coefficient (Wildman–Crippen LogP) is 1.39. The van der Waals surface area contributed by atoms with Crippen molar-refractivity contribution in [1.82, 2.24) is 10.2 Å². The van der Waals surface area contributed by atoms with Gasteiger partial charge in [0.2, 0.25) is 5.91 Å². The summed E-state index contributed by atoms with van der Waals surface area (Å²) >= 11 is 0. The number of nitrogens with one attached hydrogen (secondary N) is 1. The number of esters is 1. The maximum absolute atomic E-state index is 13.2. The Morgan fingerprint density at radius 3 is 2.32 bits per heavy atom. The van der Waals surface area contributed by atoms with Crippen molar-refractivity contribution < 1.29 is 23.5 Å². The van der Waals surface area contributed by atoms with Gasteiger partial charge in [0.05, 0.1) is 12.0 Å². The lowest BCUT2D eigenvalue weighted by Crippen LogP contribution is -2.40. The molecule has 0 aliphatic heterocycles. The molecule has 0 radical (unpaired) electrons. The van der Waals surface area contributed by atoms with E-state index in [0.29, 0.717) is 18.4 Å². The van der Waals surface area contributed by atoms with E-state index in [9.17, 15) is 18.8 Å². The van der Waals surface area contributed by atoms with Crippen LogP contribution in [0.25, 0.3) is 0 Å². The molecule has 1 saturated carbocycles. The number of nitrogens with zero attached hydrogens (tertiary/aromatic N) is 1. The van der Waals surface area contributed by atoms with Gasteiger partial charge in [0.25, 0.3) is 5.91 Å². The van der Waals surface area contributed by atoms with Crippen molar-refractivity contribution in [2.45, 2.75) is 31.1 Å². The maximum atomic E-state index is 13.2. The number of halogens is 1. The minimum Gasteiger partial charge on any atom is -0.455 e. The van der Waals surface area contributed by atoms with Crippen LogP contribution in [-0.2, 0) is 24.5 Å². The number of amides is 2. The fraction of sp³-hybridized carbons (Fsp3) is 0.500. The second-order valence-corrected chi connectivity index (χ2v) is 6.44. The number of ether oxygens (including phenoxy) is 1. The third kappa shape index (κ3) is 4.55. The topological polar surface area (TPSA) is 75.7 Å². The minimum atomic E-state index is -0.826. The quantitative estimate of drug-likeness (QED) is 0.787. The summed E-state index contributed by atoms with van der Waals surface area (Å²) in [5.74, 6) is -1.63. The summed E-state index contributed by atoms with van der Waals surface area (Å²) in [6.45, 7) is -0.588. The summed E-state index contributed by atoms with van der Waals surface area (Å²) in [4.78, 5) is 37.2. The standard InChI is InChI=1S/C18H23FN2O4/c1-21(2)16(23)11-20-15(22)12-25-17(24)18(9-3-4-10-18)13-5-7-14(19)8-6-13/h5-8H,3-4,9-12H2,1-2H3,(H,20,22). The first-order chi connectivity index (χ1) is 11.8.